The van der Waals surface area contributed by atoms with E-state index in [1.165, 1.54) is 18.4 Å². The minimum absolute atomic E-state index is 0.214. The van der Waals surface area contributed by atoms with Crippen LogP contribution in [0, 0.1) is 5.82 Å². The van der Waals surface area contributed by atoms with E-state index in [1.54, 1.807) is 17.0 Å². The van der Waals surface area contributed by atoms with Crippen LogP contribution in [0.15, 0.2) is 34.9 Å². The number of nitrogens with zero attached hydrogens (tertiary/aromatic N) is 2. The lowest BCUT2D eigenvalue weighted by Crippen LogP contribution is -2.32. The maximum atomic E-state index is 13.5. The van der Waals surface area contributed by atoms with Crippen LogP contribution in [-0.4, -0.2) is 33.5 Å². The molecule has 5 nitrogen and oxygen atoms in total. The van der Waals surface area contributed by atoms with Crippen molar-refractivity contribution in [2.24, 2.45) is 0 Å². The van der Waals surface area contributed by atoms with Crippen LogP contribution in [0.25, 0.3) is 0 Å². The van der Waals surface area contributed by atoms with Crippen LogP contribution in [0.3, 0.4) is 0 Å². The minimum atomic E-state index is -0.625. The van der Waals surface area contributed by atoms with Crippen molar-refractivity contribution in [1.29, 1.82) is 0 Å². The Labute approximate surface area is 139 Å². The van der Waals surface area contributed by atoms with Crippen LogP contribution < -0.4 is 0 Å². The fourth-order valence-electron chi connectivity index (χ4n) is 3.44. The van der Waals surface area contributed by atoms with E-state index in [1.807, 2.05) is 0 Å². The van der Waals surface area contributed by atoms with E-state index in [0.29, 0.717) is 23.8 Å². The van der Waals surface area contributed by atoms with Crippen molar-refractivity contribution in [1.82, 2.24) is 9.88 Å². The molecule has 1 amide bonds. The molecule has 6 heteroatoms. The Morgan fingerprint density at radius 3 is 2.92 bits per heavy atom. The first kappa shape index (κ1) is 15.3. The van der Waals surface area contributed by atoms with Crippen molar-refractivity contribution >= 4 is 5.91 Å². The Hall–Kier alpha value is -2.21. The molecule has 1 saturated carbocycles. The maximum Gasteiger partial charge on any atom is 0.276 e. The molecular weight excluding hydrogens is 311 g/mol. The molecule has 2 fully saturated rings. The summed E-state index contributed by atoms with van der Waals surface area (Å²) in [5.74, 6) is 0.298. The Morgan fingerprint density at radius 1 is 1.38 bits per heavy atom. The predicted molar refractivity (Wildman–Crippen MR) is 83.9 cm³/mol. The SMILES string of the molecule is O=C(c1coc(C2CCC2)n1)N1C[C@H](O)C[C@H]1c1cccc(F)c1. The highest BCUT2D eigenvalue weighted by Crippen LogP contribution is 2.37. The molecule has 1 aromatic carbocycles. The number of rotatable bonds is 3. The number of hydrogen-bond donors (Lipinski definition) is 1. The molecule has 2 heterocycles. The minimum Gasteiger partial charge on any atom is -0.448 e. The lowest BCUT2D eigenvalue weighted by molar-refractivity contribution is 0.0709. The molecular formula is C18H19FN2O3. The van der Waals surface area contributed by atoms with Crippen molar-refractivity contribution in [3.05, 3.63) is 53.5 Å². The number of benzene rings is 1. The first-order valence-corrected chi connectivity index (χ1v) is 8.32. The second-order valence-corrected chi connectivity index (χ2v) is 6.62. The molecule has 1 saturated heterocycles. The first-order valence-electron chi connectivity index (χ1n) is 8.32. The van der Waals surface area contributed by atoms with Crippen LogP contribution >= 0.6 is 0 Å². The fourth-order valence-corrected chi connectivity index (χ4v) is 3.44. The van der Waals surface area contributed by atoms with E-state index < -0.39 is 6.10 Å². The Morgan fingerprint density at radius 2 is 2.21 bits per heavy atom. The summed E-state index contributed by atoms with van der Waals surface area (Å²) < 4.78 is 19.0. The highest BCUT2D eigenvalue weighted by Gasteiger charge is 2.37. The van der Waals surface area contributed by atoms with E-state index in [2.05, 4.69) is 4.98 Å². The molecule has 2 atom stereocenters. The third kappa shape index (κ3) is 2.71. The number of aliphatic hydroxyl groups excluding tert-OH is 1. The van der Waals surface area contributed by atoms with Crippen LogP contribution in [0.1, 0.15) is 59.6 Å². The zero-order valence-electron chi connectivity index (χ0n) is 13.2. The van der Waals surface area contributed by atoms with Gasteiger partial charge in [0.1, 0.15) is 12.1 Å². The summed E-state index contributed by atoms with van der Waals surface area (Å²) in [7, 11) is 0. The molecule has 0 unspecified atom stereocenters. The molecule has 0 radical (unpaired) electrons. The van der Waals surface area contributed by atoms with Gasteiger partial charge in [-0.25, -0.2) is 9.37 Å². The molecule has 4 rings (SSSR count). The van der Waals surface area contributed by atoms with Gasteiger partial charge in [0.2, 0.25) is 0 Å². The quantitative estimate of drug-likeness (QED) is 0.939. The van der Waals surface area contributed by atoms with Crippen LogP contribution in [0.2, 0.25) is 0 Å². The third-order valence-corrected chi connectivity index (χ3v) is 4.97. The summed E-state index contributed by atoms with van der Waals surface area (Å²) >= 11 is 0. The average Bonchev–Trinajstić information content (AvgIpc) is 3.12. The fraction of sp³-hybridized carbons (Fsp3) is 0.444. The van der Waals surface area contributed by atoms with Gasteiger partial charge in [-0.05, 0) is 37.0 Å². The number of aliphatic hydroxyl groups is 1. The molecule has 1 aliphatic heterocycles. The standard InChI is InChI=1S/C18H19FN2O3/c19-13-6-2-5-12(7-13)16-8-14(22)9-21(16)18(23)15-10-24-17(20-15)11-3-1-4-11/h2,5-7,10-11,14,16,22H,1,3-4,8-9H2/t14-,16+/m1/s1. The molecule has 126 valence electrons. The third-order valence-electron chi connectivity index (χ3n) is 4.97. The highest BCUT2D eigenvalue weighted by atomic mass is 19.1. The summed E-state index contributed by atoms with van der Waals surface area (Å²) in [5.41, 5.74) is 0.940. The number of oxazole rings is 1. The van der Waals surface area contributed by atoms with Gasteiger partial charge >= 0.3 is 0 Å². The number of likely N-dealkylation sites (tertiary alicyclic amines) is 1. The molecule has 1 N–H and O–H groups in total. The zero-order chi connectivity index (χ0) is 16.7. The molecule has 1 aromatic heterocycles. The summed E-state index contributed by atoms with van der Waals surface area (Å²) in [4.78, 5) is 18.7. The number of β-amino-alcohol motifs (C(OH)–C–C–N with tert-alkyl or cyclic N) is 1. The molecule has 0 bridgehead atoms. The van der Waals surface area contributed by atoms with E-state index >= 15 is 0 Å². The van der Waals surface area contributed by atoms with Gasteiger partial charge in [-0.15, -0.1) is 0 Å². The summed E-state index contributed by atoms with van der Waals surface area (Å²) in [6.45, 7) is 0.214. The van der Waals surface area contributed by atoms with Crippen molar-refractivity contribution in [3.8, 4) is 0 Å². The normalized spacial score (nSPS) is 24.2. The largest absolute Gasteiger partial charge is 0.448 e. The van der Waals surface area contributed by atoms with Crippen LogP contribution in [0.4, 0.5) is 4.39 Å². The average molecular weight is 330 g/mol. The summed E-state index contributed by atoms with van der Waals surface area (Å²) in [5, 5.41) is 10.0. The molecule has 24 heavy (non-hydrogen) atoms. The number of halogens is 1. The van der Waals surface area contributed by atoms with Gasteiger partial charge in [0.25, 0.3) is 5.91 Å². The monoisotopic (exact) mass is 330 g/mol. The Balaban J connectivity index is 1.58. The van der Waals surface area contributed by atoms with Gasteiger partial charge in [-0.2, -0.15) is 0 Å². The van der Waals surface area contributed by atoms with E-state index in [4.69, 9.17) is 4.42 Å². The topological polar surface area (TPSA) is 66.6 Å². The molecule has 1 aliphatic carbocycles. The van der Waals surface area contributed by atoms with E-state index in [9.17, 15) is 14.3 Å². The van der Waals surface area contributed by atoms with Gasteiger partial charge in [-0.1, -0.05) is 18.6 Å². The zero-order valence-corrected chi connectivity index (χ0v) is 13.2. The van der Waals surface area contributed by atoms with Crippen molar-refractivity contribution < 1.29 is 18.7 Å². The molecule has 2 aromatic rings. The highest BCUT2D eigenvalue weighted by molar-refractivity contribution is 5.92. The van der Waals surface area contributed by atoms with Gasteiger partial charge < -0.3 is 14.4 Å². The summed E-state index contributed by atoms with van der Waals surface area (Å²) in [6, 6.07) is 5.80. The Bertz CT molecular complexity index is 756. The van der Waals surface area contributed by atoms with Gasteiger partial charge in [-0.3, -0.25) is 4.79 Å². The van der Waals surface area contributed by atoms with E-state index in [-0.39, 0.29) is 30.0 Å². The Kier molecular flexibility index (Phi) is 3.84. The number of carbonyl (C=O) groups is 1. The number of hydrogen-bond acceptors (Lipinski definition) is 4. The van der Waals surface area contributed by atoms with Gasteiger partial charge in [0.15, 0.2) is 11.6 Å². The van der Waals surface area contributed by atoms with Gasteiger partial charge in [0, 0.05) is 12.5 Å². The summed E-state index contributed by atoms with van der Waals surface area (Å²) in [6.07, 6.45) is 4.41. The lowest BCUT2D eigenvalue weighted by Gasteiger charge is -2.24. The number of aromatic nitrogens is 1. The van der Waals surface area contributed by atoms with Gasteiger partial charge in [0.05, 0.1) is 12.1 Å². The van der Waals surface area contributed by atoms with Crippen molar-refractivity contribution in [2.75, 3.05) is 6.54 Å². The number of carbonyl (C=O) groups excluding carboxylic acids is 1. The van der Waals surface area contributed by atoms with Crippen LogP contribution in [0.5, 0.6) is 0 Å². The smallest absolute Gasteiger partial charge is 0.276 e. The second kappa shape index (κ2) is 6.02. The number of amides is 1. The lowest BCUT2D eigenvalue weighted by atomic mass is 9.85. The predicted octanol–water partition coefficient (Wildman–Crippen LogP) is 3.03. The first-order chi connectivity index (χ1) is 11.6. The maximum absolute atomic E-state index is 13.5. The van der Waals surface area contributed by atoms with Crippen molar-refractivity contribution in [3.63, 3.8) is 0 Å². The molecule has 0 spiro atoms. The van der Waals surface area contributed by atoms with Crippen LogP contribution in [-0.2, 0) is 0 Å². The molecule has 2 aliphatic rings. The second-order valence-electron chi connectivity index (χ2n) is 6.62. The van der Waals surface area contributed by atoms with Crippen molar-refractivity contribution in [2.45, 2.75) is 43.7 Å². The van der Waals surface area contributed by atoms with E-state index in [0.717, 1.165) is 19.3 Å².